The molecule has 14 heteroatoms. The first-order valence-electron chi connectivity index (χ1n) is 6.78. The summed E-state index contributed by atoms with van der Waals surface area (Å²) in [5.74, 6) is -0.882. The van der Waals surface area contributed by atoms with Crippen LogP contribution in [0.4, 0.5) is 13.2 Å². The van der Waals surface area contributed by atoms with Crippen molar-refractivity contribution in [3.05, 3.63) is 10.2 Å². The van der Waals surface area contributed by atoms with Gasteiger partial charge in [-0.1, -0.05) is 10.7 Å². The molecule has 0 heterocycles. The smallest absolute Gasteiger partial charge is 0.458 e. The summed E-state index contributed by atoms with van der Waals surface area (Å²) in [5.41, 5.74) is -5.77. The number of esters is 1. The number of rotatable bonds is 7. The van der Waals surface area contributed by atoms with Crippen molar-refractivity contribution in [3.63, 3.8) is 0 Å². The number of carbonyl (C=O) groups excluding carboxylic acids is 1. The van der Waals surface area contributed by atoms with Crippen LogP contribution in [0, 0.1) is 5.92 Å². The van der Waals surface area contributed by atoms with Crippen molar-refractivity contribution in [1.82, 2.24) is 4.13 Å². The number of alkyl halides is 3. The molecule has 25 heavy (non-hydrogen) atoms. The van der Waals surface area contributed by atoms with Crippen LogP contribution in [0.5, 0.6) is 0 Å². The second kappa shape index (κ2) is 8.49. The van der Waals surface area contributed by atoms with Crippen LogP contribution in [0.15, 0.2) is 10.2 Å². The van der Waals surface area contributed by atoms with Gasteiger partial charge in [0.15, 0.2) is 0 Å². The zero-order chi connectivity index (χ0) is 19.5. The van der Waals surface area contributed by atoms with Crippen LogP contribution >= 0.6 is 22.6 Å². The van der Waals surface area contributed by atoms with E-state index in [1.165, 1.54) is 0 Å². The summed E-state index contributed by atoms with van der Waals surface area (Å²) in [6.45, 7) is 2.94. The Labute approximate surface area is 156 Å². The molecule has 0 aromatic heterocycles. The third kappa shape index (κ3) is 7.36. The molecule has 8 nitrogen and oxygen atoms in total. The highest BCUT2D eigenvalue weighted by molar-refractivity contribution is 14.1. The Morgan fingerprint density at radius 1 is 1.16 bits per heavy atom. The Kier molecular flexibility index (Phi) is 7.67. The van der Waals surface area contributed by atoms with Crippen molar-refractivity contribution >= 4 is 48.9 Å². The van der Waals surface area contributed by atoms with E-state index in [9.17, 15) is 34.8 Å². The molecule has 0 saturated heterocycles. The van der Waals surface area contributed by atoms with Gasteiger partial charge in [-0.3, -0.25) is 4.18 Å². The summed E-state index contributed by atoms with van der Waals surface area (Å²) in [6, 6.07) is 0. The molecule has 0 unspecified atom stereocenters. The second-order valence-corrected chi connectivity index (χ2v) is 9.81. The number of sulfonamides is 1. The molecule has 1 saturated carbocycles. The third-order valence-corrected chi connectivity index (χ3v) is 6.45. The highest BCUT2D eigenvalue weighted by atomic mass is 127. The molecule has 0 aromatic carbocycles. The van der Waals surface area contributed by atoms with Gasteiger partial charge in [0.05, 0.1) is 10.2 Å². The largest absolute Gasteiger partial charge is 0.512 e. The normalized spacial score (nSPS) is 22.4. The molecule has 0 atom stereocenters. The summed E-state index contributed by atoms with van der Waals surface area (Å²) in [4.78, 5) is 11.4. The minimum atomic E-state index is -6.07. The molecule has 1 aliphatic rings. The van der Waals surface area contributed by atoms with E-state index < -0.39 is 38.4 Å². The topological polar surface area (TPSA) is 116 Å². The molecule has 0 amide bonds. The molecule has 1 fully saturated rings. The Hall–Kier alpha value is -0.450. The van der Waals surface area contributed by atoms with E-state index in [0.717, 1.165) is 0 Å². The van der Waals surface area contributed by atoms with Crippen LogP contribution < -0.4 is 4.13 Å². The van der Waals surface area contributed by atoms with Crippen molar-refractivity contribution < 1.29 is 43.7 Å². The van der Waals surface area contributed by atoms with Crippen molar-refractivity contribution in [3.8, 4) is 0 Å². The molecular weight excluding hydrogens is 506 g/mol. The SMILES string of the molecule is C=C(I)C(=O)OC1CCC(COS(=O)(=O)NS(=O)(=O)C(F)(F)F)CC1. The third-order valence-electron chi connectivity index (χ3n) is 3.26. The lowest BCUT2D eigenvalue weighted by Crippen LogP contribution is -2.41. The molecule has 1 aliphatic carbocycles. The fraction of sp³-hybridized carbons (Fsp3) is 0.727. The monoisotopic (exact) mass is 521 g/mol. The quantitative estimate of drug-likeness (QED) is 0.308. The van der Waals surface area contributed by atoms with E-state index in [1.807, 2.05) is 0 Å². The molecular formula is C11H15F3INO7S2. The first-order valence-corrected chi connectivity index (χ1v) is 10.7. The Morgan fingerprint density at radius 2 is 1.68 bits per heavy atom. The van der Waals surface area contributed by atoms with Crippen LogP contribution in [0.2, 0.25) is 0 Å². The van der Waals surface area contributed by atoms with E-state index in [1.54, 1.807) is 22.6 Å². The summed E-state index contributed by atoms with van der Waals surface area (Å²) in [5, 5.41) is 0. The summed E-state index contributed by atoms with van der Waals surface area (Å²) >= 11 is 1.71. The molecule has 1 rings (SSSR count). The Bertz CT molecular complexity index is 712. The Morgan fingerprint density at radius 3 is 2.12 bits per heavy atom. The van der Waals surface area contributed by atoms with Gasteiger partial charge in [0.2, 0.25) is 0 Å². The summed E-state index contributed by atoms with van der Waals surface area (Å²) in [7, 11) is -11.2. The fourth-order valence-electron chi connectivity index (χ4n) is 2.02. The van der Waals surface area contributed by atoms with Crippen molar-refractivity contribution in [2.24, 2.45) is 5.92 Å². The van der Waals surface area contributed by atoms with Crippen molar-refractivity contribution in [1.29, 1.82) is 0 Å². The van der Waals surface area contributed by atoms with Crippen LogP contribution in [0.25, 0.3) is 0 Å². The first kappa shape index (κ1) is 22.6. The highest BCUT2D eigenvalue weighted by Crippen LogP contribution is 2.28. The number of halogens is 4. The van der Waals surface area contributed by atoms with Gasteiger partial charge in [0.1, 0.15) is 6.10 Å². The number of hydrogen-bond acceptors (Lipinski definition) is 7. The van der Waals surface area contributed by atoms with Gasteiger partial charge in [0.25, 0.3) is 0 Å². The van der Waals surface area contributed by atoms with Gasteiger partial charge < -0.3 is 4.74 Å². The van der Waals surface area contributed by atoms with Gasteiger partial charge in [-0.25, -0.2) is 13.2 Å². The maximum Gasteiger partial charge on any atom is 0.512 e. The molecule has 146 valence electrons. The molecule has 0 aliphatic heterocycles. The second-order valence-electron chi connectivity index (χ2n) is 5.22. The molecule has 0 aromatic rings. The maximum absolute atomic E-state index is 12.1. The lowest BCUT2D eigenvalue weighted by atomic mass is 9.88. The number of hydrogen-bond donors (Lipinski definition) is 1. The van der Waals surface area contributed by atoms with E-state index >= 15 is 0 Å². The van der Waals surface area contributed by atoms with Gasteiger partial charge >= 0.3 is 31.8 Å². The van der Waals surface area contributed by atoms with E-state index in [-0.39, 0.29) is 15.6 Å². The minimum absolute atomic E-state index is 0.214. The minimum Gasteiger partial charge on any atom is -0.458 e. The van der Waals surface area contributed by atoms with Gasteiger partial charge in [0, 0.05) is 0 Å². The maximum atomic E-state index is 12.1. The molecule has 0 spiro atoms. The van der Waals surface area contributed by atoms with Gasteiger partial charge in [-0.15, -0.1) is 0 Å². The highest BCUT2D eigenvalue weighted by Gasteiger charge is 2.48. The van der Waals surface area contributed by atoms with Crippen LogP contribution in [0.3, 0.4) is 0 Å². The van der Waals surface area contributed by atoms with Gasteiger partial charge in [-0.05, 0) is 54.2 Å². The standard InChI is InChI=1S/C11H15F3INO7S2/c1-7(15)10(17)23-9-4-2-8(3-5-9)6-22-25(20,21)16-24(18,19)11(12,13)14/h8-9,16H,1-6H2. The number of carbonyl (C=O) groups is 1. The van der Waals surface area contributed by atoms with E-state index in [0.29, 0.717) is 29.8 Å². The van der Waals surface area contributed by atoms with Crippen LogP contribution in [-0.2, 0) is 34.0 Å². The fourth-order valence-corrected chi connectivity index (χ4v) is 4.17. The lowest BCUT2D eigenvalue weighted by Gasteiger charge is -2.27. The zero-order valence-electron chi connectivity index (χ0n) is 12.6. The molecule has 0 bridgehead atoms. The van der Waals surface area contributed by atoms with E-state index in [4.69, 9.17) is 4.74 Å². The van der Waals surface area contributed by atoms with Crippen LogP contribution in [-0.4, -0.2) is 41.0 Å². The van der Waals surface area contributed by atoms with Gasteiger partial charge in [-0.2, -0.15) is 21.6 Å². The number of nitrogens with one attached hydrogen (secondary N) is 1. The molecule has 0 radical (unpaired) electrons. The lowest BCUT2D eigenvalue weighted by molar-refractivity contribution is -0.145. The zero-order valence-corrected chi connectivity index (χ0v) is 16.4. The Balaban J connectivity index is 2.47. The summed E-state index contributed by atoms with van der Waals surface area (Å²) < 4.78 is 90.8. The average Bonchev–Trinajstić information content (AvgIpc) is 2.44. The number of ether oxygens (including phenoxy) is 1. The van der Waals surface area contributed by atoms with Crippen molar-refractivity contribution in [2.75, 3.05) is 6.61 Å². The van der Waals surface area contributed by atoms with E-state index in [2.05, 4.69) is 10.8 Å². The van der Waals surface area contributed by atoms with Crippen molar-refractivity contribution in [2.45, 2.75) is 37.3 Å². The predicted octanol–water partition coefficient (Wildman–Crippen LogP) is 1.74. The first-order chi connectivity index (χ1) is 11.2. The summed E-state index contributed by atoms with van der Waals surface area (Å²) in [6.07, 6.45) is 1.26. The van der Waals surface area contributed by atoms with Crippen LogP contribution in [0.1, 0.15) is 25.7 Å². The predicted molar refractivity (Wildman–Crippen MR) is 88.0 cm³/mol. The average molecular weight is 521 g/mol. The molecule has 1 N–H and O–H groups in total.